The van der Waals surface area contributed by atoms with Crippen LogP contribution < -0.4 is 10.2 Å². The maximum atomic E-state index is 13.2. The van der Waals surface area contributed by atoms with Crippen molar-refractivity contribution in [3.05, 3.63) is 29.6 Å². The van der Waals surface area contributed by atoms with Gasteiger partial charge in [0.25, 0.3) is 0 Å². The van der Waals surface area contributed by atoms with Gasteiger partial charge in [0.1, 0.15) is 11.9 Å². The number of likely N-dealkylation sites (N-methyl/N-ethyl adjacent to an activating group) is 1. The number of unbranched alkanes of at least 4 members (excludes halogenated alkanes) is 1. The summed E-state index contributed by atoms with van der Waals surface area (Å²) in [5.41, 5.74) is 1.40. The average molecular weight is 247 g/mol. The van der Waals surface area contributed by atoms with E-state index in [4.69, 9.17) is 5.26 Å². The summed E-state index contributed by atoms with van der Waals surface area (Å²) in [6.45, 7) is 0.489. The number of benzene rings is 1. The van der Waals surface area contributed by atoms with E-state index in [0.717, 1.165) is 5.69 Å². The second-order valence-electron chi connectivity index (χ2n) is 4.18. The fourth-order valence-corrected chi connectivity index (χ4v) is 2.24. The monoisotopic (exact) mass is 247 g/mol. The highest BCUT2D eigenvalue weighted by atomic mass is 19.1. The number of fused-ring (bicyclic) bond motifs is 1. The zero-order chi connectivity index (χ0) is 13.1. The van der Waals surface area contributed by atoms with Gasteiger partial charge in [-0.3, -0.25) is 4.79 Å². The van der Waals surface area contributed by atoms with Gasteiger partial charge >= 0.3 is 0 Å². The lowest BCUT2D eigenvalue weighted by Gasteiger charge is -2.17. The minimum atomic E-state index is -0.488. The van der Waals surface area contributed by atoms with E-state index in [-0.39, 0.29) is 11.7 Å². The maximum absolute atomic E-state index is 13.2. The standard InChI is InChI=1S/C13H14FN3O/c1-16-12-10-8-9(14)4-5-11(10)17(13(12)18)7-3-2-6-15/h4-5,8,12,16H,2-3,7H2,1H3. The van der Waals surface area contributed by atoms with Crippen LogP contribution in [0.3, 0.4) is 0 Å². The number of halogens is 1. The fraction of sp³-hybridized carbons (Fsp3) is 0.385. The summed E-state index contributed by atoms with van der Waals surface area (Å²) in [6, 6.07) is 5.92. The first-order chi connectivity index (χ1) is 8.69. The highest BCUT2D eigenvalue weighted by Gasteiger charge is 2.36. The van der Waals surface area contributed by atoms with Crippen molar-refractivity contribution < 1.29 is 9.18 Å². The summed E-state index contributed by atoms with van der Waals surface area (Å²) < 4.78 is 13.2. The van der Waals surface area contributed by atoms with Crippen LogP contribution in [0.4, 0.5) is 10.1 Å². The average Bonchev–Trinajstić information content (AvgIpc) is 2.61. The molecule has 1 heterocycles. The van der Waals surface area contributed by atoms with E-state index in [1.807, 2.05) is 0 Å². The molecule has 1 unspecified atom stereocenters. The Bertz CT molecular complexity index is 509. The van der Waals surface area contributed by atoms with Gasteiger partial charge in [0.2, 0.25) is 5.91 Å². The molecule has 1 aromatic carbocycles. The zero-order valence-electron chi connectivity index (χ0n) is 10.1. The molecule has 4 nitrogen and oxygen atoms in total. The minimum Gasteiger partial charge on any atom is -0.310 e. The van der Waals surface area contributed by atoms with Gasteiger partial charge in [-0.15, -0.1) is 0 Å². The summed E-state index contributed by atoms with van der Waals surface area (Å²) in [4.78, 5) is 13.8. The molecule has 1 N–H and O–H groups in total. The van der Waals surface area contributed by atoms with Crippen LogP contribution in [0.5, 0.6) is 0 Å². The van der Waals surface area contributed by atoms with Crippen LogP contribution in [-0.4, -0.2) is 19.5 Å². The number of nitrogens with one attached hydrogen (secondary N) is 1. The summed E-state index contributed by atoms with van der Waals surface area (Å²) in [6.07, 6.45) is 1.03. The first kappa shape index (κ1) is 12.5. The predicted octanol–water partition coefficient (Wildman–Crippen LogP) is 1.74. The molecule has 0 fully saturated rings. The van der Waals surface area contributed by atoms with Crippen molar-refractivity contribution in [2.24, 2.45) is 0 Å². The van der Waals surface area contributed by atoms with E-state index in [9.17, 15) is 9.18 Å². The number of amides is 1. The smallest absolute Gasteiger partial charge is 0.248 e. The Balaban J connectivity index is 2.29. The molecule has 5 heteroatoms. The molecule has 0 spiro atoms. The molecule has 0 saturated heterocycles. The van der Waals surface area contributed by atoms with Crippen LogP contribution in [0.1, 0.15) is 24.4 Å². The SMILES string of the molecule is CNC1C(=O)N(CCCC#N)c2ccc(F)cc21. The molecule has 1 atom stereocenters. The lowest BCUT2D eigenvalue weighted by molar-refractivity contribution is -0.119. The van der Waals surface area contributed by atoms with Crippen molar-refractivity contribution >= 4 is 11.6 Å². The largest absolute Gasteiger partial charge is 0.310 e. The number of nitriles is 1. The molecule has 1 aliphatic heterocycles. The van der Waals surface area contributed by atoms with E-state index in [1.54, 1.807) is 18.0 Å². The number of anilines is 1. The maximum Gasteiger partial charge on any atom is 0.248 e. The first-order valence-electron chi connectivity index (χ1n) is 5.84. The first-order valence-corrected chi connectivity index (χ1v) is 5.84. The second kappa shape index (κ2) is 5.15. The van der Waals surface area contributed by atoms with Crippen molar-refractivity contribution in [2.75, 3.05) is 18.5 Å². The predicted molar refractivity (Wildman–Crippen MR) is 65.4 cm³/mol. The Hall–Kier alpha value is -1.93. The Labute approximate surface area is 105 Å². The van der Waals surface area contributed by atoms with Crippen LogP contribution in [0.2, 0.25) is 0 Å². The minimum absolute atomic E-state index is 0.0870. The summed E-state index contributed by atoms with van der Waals surface area (Å²) in [5.74, 6) is -0.434. The summed E-state index contributed by atoms with van der Waals surface area (Å²) in [7, 11) is 1.68. The van der Waals surface area contributed by atoms with Crippen molar-refractivity contribution in [3.63, 3.8) is 0 Å². The summed E-state index contributed by atoms with van der Waals surface area (Å²) >= 11 is 0. The third kappa shape index (κ3) is 2.07. The molecule has 0 bridgehead atoms. The van der Waals surface area contributed by atoms with Crippen LogP contribution in [0, 0.1) is 17.1 Å². The Morgan fingerprint density at radius 1 is 1.56 bits per heavy atom. The Kier molecular flexibility index (Phi) is 3.58. The molecule has 0 radical (unpaired) electrons. The highest BCUT2D eigenvalue weighted by Crippen LogP contribution is 2.36. The van der Waals surface area contributed by atoms with Crippen molar-refractivity contribution in [1.29, 1.82) is 5.26 Å². The van der Waals surface area contributed by atoms with E-state index in [1.165, 1.54) is 12.1 Å². The van der Waals surface area contributed by atoms with Crippen molar-refractivity contribution in [2.45, 2.75) is 18.9 Å². The van der Waals surface area contributed by atoms with E-state index >= 15 is 0 Å². The molecule has 94 valence electrons. The Morgan fingerprint density at radius 2 is 2.33 bits per heavy atom. The molecule has 0 aliphatic carbocycles. The number of nitrogens with zero attached hydrogens (tertiary/aromatic N) is 2. The van der Waals surface area contributed by atoms with Gasteiger partial charge in [-0.25, -0.2) is 4.39 Å². The molecule has 0 saturated carbocycles. The molecule has 2 rings (SSSR count). The van der Waals surface area contributed by atoms with Gasteiger partial charge in [0, 0.05) is 24.2 Å². The number of carbonyl (C=O) groups excluding carboxylic acids is 1. The third-order valence-corrected chi connectivity index (χ3v) is 3.06. The molecular formula is C13H14FN3O. The quantitative estimate of drug-likeness (QED) is 0.824. The number of hydrogen-bond donors (Lipinski definition) is 1. The van der Waals surface area contributed by atoms with Gasteiger partial charge in [-0.1, -0.05) is 0 Å². The van der Waals surface area contributed by atoms with Gasteiger partial charge < -0.3 is 10.2 Å². The zero-order valence-corrected chi connectivity index (χ0v) is 10.1. The molecule has 1 aliphatic rings. The van der Waals surface area contributed by atoms with Crippen molar-refractivity contribution in [1.82, 2.24) is 5.32 Å². The molecular weight excluding hydrogens is 233 g/mol. The lowest BCUT2D eigenvalue weighted by atomic mass is 10.1. The van der Waals surface area contributed by atoms with Gasteiger partial charge in [-0.05, 0) is 31.7 Å². The molecule has 18 heavy (non-hydrogen) atoms. The number of carbonyl (C=O) groups is 1. The third-order valence-electron chi connectivity index (χ3n) is 3.06. The van der Waals surface area contributed by atoms with Crippen LogP contribution in [0.15, 0.2) is 18.2 Å². The summed E-state index contributed by atoms with van der Waals surface area (Å²) in [5, 5.41) is 11.4. The second-order valence-corrected chi connectivity index (χ2v) is 4.18. The van der Waals surface area contributed by atoms with Gasteiger partial charge in [0.05, 0.1) is 6.07 Å². The fourth-order valence-electron chi connectivity index (χ4n) is 2.24. The number of rotatable bonds is 4. The molecule has 1 amide bonds. The van der Waals surface area contributed by atoms with E-state index < -0.39 is 6.04 Å². The van der Waals surface area contributed by atoms with Crippen LogP contribution >= 0.6 is 0 Å². The van der Waals surface area contributed by atoms with Crippen molar-refractivity contribution in [3.8, 4) is 6.07 Å². The van der Waals surface area contributed by atoms with Gasteiger partial charge in [-0.2, -0.15) is 5.26 Å². The van der Waals surface area contributed by atoms with Gasteiger partial charge in [0.15, 0.2) is 0 Å². The van der Waals surface area contributed by atoms with Crippen LogP contribution in [0.25, 0.3) is 0 Å². The van der Waals surface area contributed by atoms with E-state index in [0.29, 0.717) is 24.9 Å². The molecule has 1 aromatic rings. The lowest BCUT2D eigenvalue weighted by Crippen LogP contribution is -2.33. The highest BCUT2D eigenvalue weighted by molar-refractivity contribution is 6.04. The van der Waals surface area contributed by atoms with Crippen LogP contribution in [-0.2, 0) is 4.79 Å². The molecule has 0 aromatic heterocycles. The topological polar surface area (TPSA) is 56.1 Å². The Morgan fingerprint density at radius 3 is 3.00 bits per heavy atom. The normalized spacial score (nSPS) is 17.7. The van der Waals surface area contributed by atoms with E-state index in [2.05, 4.69) is 11.4 Å². The number of hydrogen-bond acceptors (Lipinski definition) is 3.